The van der Waals surface area contributed by atoms with Crippen LogP contribution in [0.3, 0.4) is 0 Å². The van der Waals surface area contributed by atoms with Crippen molar-refractivity contribution in [3.8, 4) is 11.3 Å². The minimum absolute atomic E-state index is 0.106. The van der Waals surface area contributed by atoms with Crippen LogP contribution in [0.5, 0.6) is 0 Å². The highest BCUT2D eigenvalue weighted by atomic mass is 16.5. The van der Waals surface area contributed by atoms with E-state index in [1.807, 2.05) is 44.2 Å². The maximum atomic E-state index is 12.0. The van der Waals surface area contributed by atoms with Crippen LogP contribution in [-0.4, -0.2) is 41.5 Å². The summed E-state index contributed by atoms with van der Waals surface area (Å²) >= 11 is 0. The number of nitrogens with zero attached hydrogens (tertiary/aromatic N) is 2. The molecule has 0 saturated heterocycles. The van der Waals surface area contributed by atoms with Crippen LogP contribution in [0, 0.1) is 0 Å². The fourth-order valence-electron chi connectivity index (χ4n) is 2.38. The third-order valence-corrected chi connectivity index (χ3v) is 3.71. The van der Waals surface area contributed by atoms with Gasteiger partial charge in [0.05, 0.1) is 12.6 Å². The quantitative estimate of drug-likeness (QED) is 0.509. The topological polar surface area (TPSA) is 72.6 Å². The number of benzene rings is 1. The summed E-state index contributed by atoms with van der Waals surface area (Å²) in [6, 6.07) is 9.61. The van der Waals surface area contributed by atoms with Gasteiger partial charge in [-0.3, -0.25) is 9.59 Å². The Hall–Kier alpha value is -2.89. The van der Waals surface area contributed by atoms with Gasteiger partial charge in [0.25, 0.3) is 5.91 Å². The van der Waals surface area contributed by atoms with Crippen LogP contribution in [0.2, 0.25) is 0 Å². The highest BCUT2D eigenvalue weighted by Crippen LogP contribution is 2.20. The Labute approximate surface area is 153 Å². The number of amides is 1. The summed E-state index contributed by atoms with van der Waals surface area (Å²) in [4.78, 5) is 29.6. The summed E-state index contributed by atoms with van der Waals surface area (Å²) in [5, 5.41) is 0. The molecular formula is C20H24N2O4. The van der Waals surface area contributed by atoms with E-state index in [4.69, 9.17) is 9.15 Å². The predicted molar refractivity (Wildman–Crippen MR) is 98.3 cm³/mol. The van der Waals surface area contributed by atoms with E-state index < -0.39 is 5.97 Å². The van der Waals surface area contributed by atoms with Gasteiger partial charge in [0.2, 0.25) is 0 Å². The molecule has 0 atom stereocenters. The third-order valence-electron chi connectivity index (χ3n) is 3.71. The third kappa shape index (κ3) is 5.88. The van der Waals surface area contributed by atoms with Gasteiger partial charge in [0.15, 0.2) is 18.3 Å². The van der Waals surface area contributed by atoms with Crippen LogP contribution in [0.25, 0.3) is 11.3 Å². The Bertz CT molecular complexity index is 752. The highest BCUT2D eigenvalue weighted by molar-refractivity contribution is 5.80. The first kappa shape index (κ1) is 19.4. The molecule has 0 fully saturated rings. The van der Waals surface area contributed by atoms with Crippen molar-refractivity contribution in [3.63, 3.8) is 0 Å². The van der Waals surface area contributed by atoms with Gasteiger partial charge in [-0.1, -0.05) is 42.5 Å². The molecule has 0 spiro atoms. The number of aromatic nitrogens is 1. The molecule has 0 aliphatic rings. The molecule has 1 aromatic heterocycles. The zero-order valence-corrected chi connectivity index (χ0v) is 15.2. The Morgan fingerprint density at radius 1 is 1.27 bits per heavy atom. The first-order valence-electron chi connectivity index (χ1n) is 8.57. The number of esters is 1. The minimum atomic E-state index is -0.454. The zero-order valence-electron chi connectivity index (χ0n) is 15.2. The fraction of sp³-hybridized carbons (Fsp3) is 0.350. The van der Waals surface area contributed by atoms with Crippen LogP contribution in [0.1, 0.15) is 26.2 Å². The van der Waals surface area contributed by atoms with Crippen molar-refractivity contribution >= 4 is 11.9 Å². The second-order valence-electron chi connectivity index (χ2n) is 6.01. The van der Waals surface area contributed by atoms with E-state index >= 15 is 0 Å². The molecule has 0 N–H and O–H groups in total. The molecule has 6 nitrogen and oxygen atoms in total. The molecule has 0 radical (unpaired) electrons. The number of ether oxygens (including phenoxy) is 1. The van der Waals surface area contributed by atoms with E-state index in [0.29, 0.717) is 31.2 Å². The van der Waals surface area contributed by atoms with Gasteiger partial charge in [-0.25, -0.2) is 4.98 Å². The molecule has 0 aliphatic carbocycles. The van der Waals surface area contributed by atoms with Gasteiger partial charge in [0.1, 0.15) is 0 Å². The molecule has 2 aromatic rings. The van der Waals surface area contributed by atoms with Crippen molar-refractivity contribution in [1.29, 1.82) is 0 Å². The average Bonchev–Trinajstić information content (AvgIpc) is 3.12. The summed E-state index contributed by atoms with van der Waals surface area (Å²) in [6.45, 7) is 8.25. The standard InChI is InChI=1S/C20H24N2O4/c1-4-22(13-15(2)3)19(23)14-25-20(24)11-10-18-21-12-17(26-18)16-8-6-5-7-9-16/h5-9,12H,2,4,10-11,13-14H2,1,3H3. The van der Waals surface area contributed by atoms with E-state index in [-0.39, 0.29) is 18.9 Å². The summed E-state index contributed by atoms with van der Waals surface area (Å²) < 4.78 is 10.7. The van der Waals surface area contributed by atoms with E-state index in [0.717, 1.165) is 11.1 Å². The molecule has 1 amide bonds. The number of likely N-dealkylation sites (N-methyl/N-ethyl adjacent to an activating group) is 1. The van der Waals surface area contributed by atoms with E-state index in [2.05, 4.69) is 11.6 Å². The Kier molecular flexibility index (Phi) is 7.14. The van der Waals surface area contributed by atoms with Gasteiger partial charge < -0.3 is 14.1 Å². The van der Waals surface area contributed by atoms with Crippen molar-refractivity contribution < 1.29 is 18.7 Å². The molecule has 0 bridgehead atoms. The van der Waals surface area contributed by atoms with Gasteiger partial charge in [-0.2, -0.15) is 0 Å². The van der Waals surface area contributed by atoms with E-state index in [1.54, 1.807) is 11.1 Å². The molecule has 0 unspecified atom stereocenters. The average molecular weight is 356 g/mol. The number of aryl methyl sites for hydroxylation is 1. The van der Waals surface area contributed by atoms with E-state index in [9.17, 15) is 9.59 Å². The molecule has 26 heavy (non-hydrogen) atoms. The molecule has 1 aromatic carbocycles. The summed E-state index contributed by atoms with van der Waals surface area (Å²) in [6.07, 6.45) is 2.06. The maximum absolute atomic E-state index is 12.0. The first-order chi connectivity index (χ1) is 12.5. The maximum Gasteiger partial charge on any atom is 0.306 e. The smallest absolute Gasteiger partial charge is 0.306 e. The lowest BCUT2D eigenvalue weighted by Gasteiger charge is -2.20. The summed E-state index contributed by atoms with van der Waals surface area (Å²) in [5.74, 6) is 0.433. The number of carbonyl (C=O) groups is 2. The Balaban J connectivity index is 1.78. The van der Waals surface area contributed by atoms with Crippen molar-refractivity contribution in [2.45, 2.75) is 26.7 Å². The van der Waals surface area contributed by atoms with Crippen LogP contribution in [0.15, 0.2) is 53.1 Å². The number of rotatable bonds is 9. The summed E-state index contributed by atoms with van der Waals surface area (Å²) in [5.41, 5.74) is 1.81. The van der Waals surface area contributed by atoms with Crippen molar-refractivity contribution in [2.75, 3.05) is 19.7 Å². The summed E-state index contributed by atoms with van der Waals surface area (Å²) in [7, 11) is 0. The Morgan fingerprint density at radius 2 is 2.00 bits per heavy atom. The lowest BCUT2D eigenvalue weighted by Crippen LogP contribution is -2.35. The van der Waals surface area contributed by atoms with Crippen LogP contribution < -0.4 is 0 Å². The molecule has 6 heteroatoms. The monoisotopic (exact) mass is 356 g/mol. The van der Waals surface area contributed by atoms with Gasteiger partial charge in [-0.05, 0) is 13.8 Å². The molecule has 138 valence electrons. The van der Waals surface area contributed by atoms with Crippen LogP contribution in [-0.2, 0) is 20.7 Å². The lowest BCUT2D eigenvalue weighted by molar-refractivity contribution is -0.151. The van der Waals surface area contributed by atoms with Crippen LogP contribution in [0.4, 0.5) is 0 Å². The second-order valence-corrected chi connectivity index (χ2v) is 6.01. The van der Waals surface area contributed by atoms with Crippen molar-refractivity contribution in [3.05, 3.63) is 54.6 Å². The number of hydrogen-bond donors (Lipinski definition) is 0. The molecular weight excluding hydrogens is 332 g/mol. The fourth-order valence-corrected chi connectivity index (χ4v) is 2.38. The minimum Gasteiger partial charge on any atom is -0.456 e. The largest absolute Gasteiger partial charge is 0.456 e. The van der Waals surface area contributed by atoms with Crippen molar-refractivity contribution in [2.24, 2.45) is 0 Å². The molecule has 2 rings (SSSR count). The number of carbonyl (C=O) groups excluding carboxylic acids is 2. The lowest BCUT2D eigenvalue weighted by atomic mass is 10.2. The number of oxazole rings is 1. The number of hydrogen-bond acceptors (Lipinski definition) is 5. The first-order valence-corrected chi connectivity index (χ1v) is 8.57. The van der Waals surface area contributed by atoms with Gasteiger partial charge in [0, 0.05) is 25.1 Å². The molecule has 1 heterocycles. The SMILES string of the molecule is C=C(C)CN(CC)C(=O)COC(=O)CCc1ncc(-c2ccccc2)o1. The van der Waals surface area contributed by atoms with E-state index in [1.165, 1.54) is 0 Å². The van der Waals surface area contributed by atoms with Crippen molar-refractivity contribution in [1.82, 2.24) is 9.88 Å². The normalized spacial score (nSPS) is 10.4. The second kappa shape index (κ2) is 9.56. The highest BCUT2D eigenvalue weighted by Gasteiger charge is 2.15. The van der Waals surface area contributed by atoms with Gasteiger partial charge in [-0.15, -0.1) is 0 Å². The zero-order chi connectivity index (χ0) is 18.9. The van der Waals surface area contributed by atoms with Gasteiger partial charge >= 0.3 is 5.97 Å². The Morgan fingerprint density at radius 3 is 2.65 bits per heavy atom. The molecule has 0 saturated carbocycles. The molecule has 0 aliphatic heterocycles. The van der Waals surface area contributed by atoms with Crippen LogP contribution >= 0.6 is 0 Å². The predicted octanol–water partition coefficient (Wildman–Crippen LogP) is 3.24.